The number of hydrogen-bond acceptors (Lipinski definition) is 5. The monoisotopic (exact) mass is 590 g/mol. The molecular weight excluding hydrogens is 565 g/mol. The first-order valence-corrected chi connectivity index (χ1v) is 13.7. The highest BCUT2D eigenvalue weighted by Gasteiger charge is 2.61. The van der Waals surface area contributed by atoms with Crippen LogP contribution in [-0.2, 0) is 10.2 Å². The molecule has 1 aliphatic heterocycles. The smallest absolute Gasteiger partial charge is 0.260 e. The minimum atomic E-state index is -1.75. The number of anilines is 1. The largest absolute Gasteiger partial charge is 0.365 e. The second kappa shape index (κ2) is 10.9. The van der Waals surface area contributed by atoms with Gasteiger partial charge >= 0.3 is 0 Å². The Morgan fingerprint density at radius 2 is 1.92 bits per heavy atom. The zero-order chi connectivity index (χ0) is 28.7. The number of thiophene rings is 1. The fraction of sp³-hybridized carbons (Fsp3) is 0.321. The zero-order valence-corrected chi connectivity index (χ0v) is 23.6. The van der Waals surface area contributed by atoms with Gasteiger partial charge in [0.1, 0.15) is 21.9 Å². The van der Waals surface area contributed by atoms with Crippen molar-refractivity contribution in [3.8, 4) is 6.07 Å². The third-order valence-electron chi connectivity index (χ3n) is 6.88. The van der Waals surface area contributed by atoms with Crippen LogP contribution in [0, 0.1) is 28.4 Å². The Bertz CT molecular complexity index is 1480. The minimum absolute atomic E-state index is 0.0239. The number of primary amides is 1. The average molecular weight is 592 g/mol. The van der Waals surface area contributed by atoms with Crippen LogP contribution in [0.25, 0.3) is 0 Å². The molecule has 1 aromatic heterocycles. The number of nitrogens with two attached hydrogens (primary N) is 1. The molecule has 1 fully saturated rings. The van der Waals surface area contributed by atoms with Gasteiger partial charge in [-0.3, -0.25) is 9.59 Å². The molecule has 11 heteroatoms. The van der Waals surface area contributed by atoms with Crippen molar-refractivity contribution >= 4 is 52.0 Å². The lowest BCUT2D eigenvalue weighted by Gasteiger charge is -2.37. The van der Waals surface area contributed by atoms with Crippen LogP contribution in [-0.4, -0.2) is 23.9 Å². The molecule has 39 heavy (non-hydrogen) atoms. The van der Waals surface area contributed by atoms with E-state index in [1.165, 1.54) is 36.4 Å². The normalized spacial score (nSPS) is 22.9. The van der Waals surface area contributed by atoms with Gasteiger partial charge in [-0.2, -0.15) is 5.26 Å². The Morgan fingerprint density at radius 3 is 2.54 bits per heavy atom. The van der Waals surface area contributed by atoms with Crippen LogP contribution in [0.3, 0.4) is 0 Å². The van der Waals surface area contributed by atoms with E-state index < -0.39 is 46.9 Å². The Hall–Kier alpha value is -3.03. The highest BCUT2D eigenvalue weighted by Crippen LogP contribution is 2.53. The maximum atomic E-state index is 15.7. The zero-order valence-electron chi connectivity index (χ0n) is 21.3. The van der Waals surface area contributed by atoms with Crippen LogP contribution in [0.2, 0.25) is 10.0 Å². The molecule has 4 rings (SSSR count). The number of nitriles is 1. The number of carbonyl (C=O) groups excluding carboxylic acids is 2. The second-order valence-electron chi connectivity index (χ2n) is 10.7. The third kappa shape index (κ3) is 5.39. The van der Waals surface area contributed by atoms with Crippen LogP contribution in [0.1, 0.15) is 53.9 Å². The molecule has 6 nitrogen and oxygen atoms in total. The molecular formula is C28H26Cl2F2N4O2S. The van der Waals surface area contributed by atoms with Crippen molar-refractivity contribution in [3.05, 3.63) is 85.5 Å². The number of nitrogens with zero attached hydrogens (tertiary/aromatic N) is 1. The molecule has 0 spiro atoms. The SMILES string of the molecule is CC(C)(C)CC1NC(C(=O)Nc2ccsc2C(N)=O)C(c2cccc(Cl)c2F)C1(C#N)c1ccc(Cl)cc1F. The molecule has 2 heterocycles. The summed E-state index contributed by atoms with van der Waals surface area (Å²) in [7, 11) is 0. The fourth-order valence-electron chi connectivity index (χ4n) is 5.37. The van der Waals surface area contributed by atoms with Crippen LogP contribution in [0.5, 0.6) is 0 Å². The van der Waals surface area contributed by atoms with Crippen LogP contribution in [0.4, 0.5) is 14.5 Å². The Labute approximate surface area is 239 Å². The Kier molecular flexibility index (Phi) is 8.06. The first-order chi connectivity index (χ1) is 18.3. The molecule has 4 unspecified atom stereocenters. The van der Waals surface area contributed by atoms with Gasteiger partial charge in [-0.1, -0.05) is 62.2 Å². The number of halogens is 4. The molecule has 4 N–H and O–H groups in total. The van der Waals surface area contributed by atoms with E-state index in [0.717, 1.165) is 17.4 Å². The van der Waals surface area contributed by atoms with E-state index in [-0.39, 0.29) is 37.2 Å². The predicted molar refractivity (Wildman–Crippen MR) is 149 cm³/mol. The van der Waals surface area contributed by atoms with Crippen molar-refractivity contribution in [1.29, 1.82) is 5.26 Å². The highest BCUT2D eigenvalue weighted by atomic mass is 35.5. The molecule has 1 aliphatic rings. The minimum Gasteiger partial charge on any atom is -0.365 e. The first-order valence-electron chi connectivity index (χ1n) is 12.0. The topological polar surface area (TPSA) is 108 Å². The number of nitrogens with one attached hydrogen (secondary N) is 2. The average Bonchev–Trinajstić information content (AvgIpc) is 3.43. The second-order valence-corrected chi connectivity index (χ2v) is 12.5. The molecule has 0 aliphatic carbocycles. The van der Waals surface area contributed by atoms with Crippen LogP contribution in [0.15, 0.2) is 47.8 Å². The summed E-state index contributed by atoms with van der Waals surface area (Å²) >= 11 is 13.2. The van der Waals surface area contributed by atoms with Gasteiger partial charge in [0.2, 0.25) is 5.91 Å². The number of benzene rings is 2. The van der Waals surface area contributed by atoms with E-state index in [1.807, 2.05) is 20.8 Å². The van der Waals surface area contributed by atoms with Crippen molar-refractivity contribution in [2.45, 2.75) is 50.6 Å². The number of rotatable bonds is 6. The number of amides is 2. The van der Waals surface area contributed by atoms with Crippen LogP contribution < -0.4 is 16.4 Å². The maximum Gasteiger partial charge on any atom is 0.260 e. The molecule has 0 radical (unpaired) electrons. The predicted octanol–water partition coefficient (Wildman–Crippen LogP) is 6.39. The van der Waals surface area contributed by atoms with E-state index in [0.29, 0.717) is 6.42 Å². The summed E-state index contributed by atoms with van der Waals surface area (Å²) in [5.74, 6) is -4.17. The van der Waals surface area contributed by atoms with Crippen molar-refractivity contribution in [2.24, 2.45) is 11.1 Å². The van der Waals surface area contributed by atoms with Gasteiger partial charge < -0.3 is 16.4 Å². The summed E-state index contributed by atoms with van der Waals surface area (Å²) in [6, 6.07) is 10.0. The lowest BCUT2D eigenvalue weighted by atomic mass is 9.62. The van der Waals surface area contributed by atoms with Crippen molar-refractivity contribution < 1.29 is 18.4 Å². The molecule has 0 saturated carbocycles. The van der Waals surface area contributed by atoms with Gasteiger partial charge in [0, 0.05) is 22.5 Å². The molecule has 3 aromatic rings. The van der Waals surface area contributed by atoms with Crippen LogP contribution >= 0.6 is 34.5 Å². The van der Waals surface area contributed by atoms with Crippen molar-refractivity contribution in [1.82, 2.24) is 5.32 Å². The Balaban J connectivity index is 1.97. The summed E-state index contributed by atoms with van der Waals surface area (Å²) < 4.78 is 31.3. The molecule has 4 atom stereocenters. The molecule has 204 valence electrons. The summed E-state index contributed by atoms with van der Waals surface area (Å²) in [6.07, 6.45) is 0.329. The summed E-state index contributed by atoms with van der Waals surface area (Å²) in [5.41, 5.74) is 3.45. The molecule has 1 saturated heterocycles. The van der Waals surface area contributed by atoms with E-state index >= 15 is 8.78 Å². The van der Waals surface area contributed by atoms with Crippen molar-refractivity contribution in [2.75, 3.05) is 5.32 Å². The van der Waals surface area contributed by atoms with E-state index in [1.54, 1.807) is 5.38 Å². The highest BCUT2D eigenvalue weighted by molar-refractivity contribution is 7.12. The number of hydrogen-bond donors (Lipinski definition) is 3. The standard InChI is InChI=1S/C28H26Cl2F2N4O2S/c1-27(2,3)12-20-28(13-33,16-8-7-14(29)11-18(16)31)21(15-5-4-6-17(30)22(15)32)23(36-20)26(38)35-19-9-10-39-24(19)25(34)37/h4-11,20-21,23,36H,12H2,1-3H3,(H2,34,37)(H,35,38). The summed E-state index contributed by atoms with van der Waals surface area (Å²) in [4.78, 5) is 25.9. The lowest BCUT2D eigenvalue weighted by Crippen LogP contribution is -2.45. The third-order valence-corrected chi connectivity index (χ3v) is 8.33. The van der Waals surface area contributed by atoms with E-state index in [4.69, 9.17) is 28.9 Å². The van der Waals surface area contributed by atoms with Gasteiger partial charge in [-0.15, -0.1) is 11.3 Å². The number of carbonyl (C=O) groups is 2. The maximum absolute atomic E-state index is 15.7. The first kappa shape index (κ1) is 29.0. The molecule has 0 bridgehead atoms. The fourth-order valence-corrected chi connectivity index (χ4v) is 6.41. The summed E-state index contributed by atoms with van der Waals surface area (Å²) in [5, 5.41) is 18.3. The van der Waals surface area contributed by atoms with Gasteiger partial charge in [0.15, 0.2) is 0 Å². The van der Waals surface area contributed by atoms with E-state index in [9.17, 15) is 14.9 Å². The van der Waals surface area contributed by atoms with Gasteiger partial charge in [-0.25, -0.2) is 8.78 Å². The molecule has 2 amide bonds. The Morgan fingerprint density at radius 1 is 1.21 bits per heavy atom. The van der Waals surface area contributed by atoms with Gasteiger partial charge in [0.05, 0.1) is 22.8 Å². The quantitative estimate of drug-likeness (QED) is 0.309. The lowest BCUT2D eigenvalue weighted by molar-refractivity contribution is -0.118. The summed E-state index contributed by atoms with van der Waals surface area (Å²) in [6.45, 7) is 5.84. The molecule has 2 aromatic carbocycles. The van der Waals surface area contributed by atoms with E-state index in [2.05, 4.69) is 16.7 Å². The van der Waals surface area contributed by atoms with Gasteiger partial charge in [-0.05, 0) is 47.0 Å². The van der Waals surface area contributed by atoms with Gasteiger partial charge in [0.25, 0.3) is 5.91 Å². The van der Waals surface area contributed by atoms with Crippen molar-refractivity contribution in [3.63, 3.8) is 0 Å².